The maximum absolute atomic E-state index is 10.2. The van der Waals surface area contributed by atoms with Crippen LogP contribution in [0.25, 0.3) is 0 Å². The van der Waals surface area contributed by atoms with Crippen LogP contribution in [-0.4, -0.2) is 5.26 Å². The Bertz CT molecular complexity index is 1070. The van der Waals surface area contributed by atoms with Crippen LogP contribution in [-0.2, 0) is 4.89 Å². The Hall–Kier alpha value is -1.52. The lowest BCUT2D eigenvalue weighted by molar-refractivity contribution is -0.312. The van der Waals surface area contributed by atoms with E-state index in [4.69, 9.17) is 16.4 Å². The summed E-state index contributed by atoms with van der Waals surface area (Å²) < 4.78 is 0. The summed E-state index contributed by atoms with van der Waals surface area (Å²) in [4.78, 5) is 5.27. The molecule has 1 aromatic carbocycles. The largest absolute Gasteiger partial charge is 0.399 e. The van der Waals surface area contributed by atoms with Crippen molar-refractivity contribution in [2.75, 3.05) is 11.5 Å². The number of nitrogen functional groups attached to an aromatic ring is 2. The topological polar surface area (TPSA) is 81.5 Å². The van der Waals surface area contributed by atoms with Gasteiger partial charge in [0.05, 0.1) is 0 Å². The lowest BCUT2D eigenvalue weighted by atomic mass is 9.39. The van der Waals surface area contributed by atoms with Gasteiger partial charge in [0.1, 0.15) is 6.10 Å². The highest BCUT2D eigenvalue weighted by atomic mass is 17.1. The lowest BCUT2D eigenvalue weighted by Gasteiger charge is -2.66. The van der Waals surface area contributed by atoms with Gasteiger partial charge in [-0.15, -0.1) is 0 Å². The van der Waals surface area contributed by atoms with Crippen LogP contribution in [0.15, 0.2) is 29.8 Å². The number of anilines is 2. The van der Waals surface area contributed by atoms with E-state index in [1.165, 1.54) is 63.4 Å². The van der Waals surface area contributed by atoms with Gasteiger partial charge in [-0.25, -0.2) is 4.89 Å². The summed E-state index contributed by atoms with van der Waals surface area (Å²) in [6, 6.07) is 5.63. The summed E-state index contributed by atoms with van der Waals surface area (Å²) in [5.74, 6) is 5.14. The molecule has 0 spiro atoms. The summed E-state index contributed by atoms with van der Waals surface area (Å²) in [5, 5.41) is 10.2. The summed E-state index contributed by atoms with van der Waals surface area (Å²) in [6.07, 6.45) is 15.3. The van der Waals surface area contributed by atoms with Crippen molar-refractivity contribution in [1.29, 1.82) is 0 Å². The third kappa shape index (κ3) is 4.93. The summed E-state index contributed by atoms with van der Waals surface area (Å²) >= 11 is 0. The molecule has 4 saturated carbocycles. The van der Waals surface area contributed by atoms with E-state index >= 15 is 0 Å². The van der Waals surface area contributed by atoms with E-state index in [0.29, 0.717) is 28.1 Å². The van der Waals surface area contributed by atoms with Crippen molar-refractivity contribution in [3.05, 3.63) is 35.4 Å². The first kappa shape index (κ1) is 30.0. The van der Waals surface area contributed by atoms with Crippen molar-refractivity contribution in [1.82, 2.24) is 0 Å². The molecule has 224 valence electrons. The van der Waals surface area contributed by atoms with Crippen LogP contribution in [0.4, 0.5) is 11.4 Å². The fraction of sp³-hybridized carbons (Fsp3) is 0.778. The number of rotatable bonds is 7. The molecular weight excluding hydrogens is 492 g/mol. The van der Waals surface area contributed by atoms with E-state index in [0.717, 1.165) is 41.6 Å². The number of allylic oxidation sites excluding steroid dienone is 2. The molecule has 10 atom stereocenters. The van der Waals surface area contributed by atoms with Crippen LogP contribution < -0.4 is 11.5 Å². The number of nitrogens with two attached hydrogens (primary N) is 2. The average Bonchev–Trinajstić information content (AvgIpc) is 3.22. The third-order valence-electron chi connectivity index (χ3n) is 13.5. The number of hydrogen-bond donors (Lipinski definition) is 3. The maximum atomic E-state index is 10.2. The first-order valence-electron chi connectivity index (χ1n) is 16.4. The molecule has 0 aliphatic heterocycles. The molecule has 0 saturated heterocycles. The number of benzene rings is 1. The summed E-state index contributed by atoms with van der Waals surface area (Å²) in [7, 11) is 0. The molecular formula is C36H58N2O2. The Balaban J connectivity index is 1.35. The molecule has 0 heterocycles. The van der Waals surface area contributed by atoms with Crippen molar-refractivity contribution >= 4 is 11.4 Å². The molecule has 4 aliphatic carbocycles. The predicted molar refractivity (Wildman–Crippen MR) is 167 cm³/mol. The van der Waals surface area contributed by atoms with Gasteiger partial charge in [-0.1, -0.05) is 46.3 Å². The van der Waals surface area contributed by atoms with Crippen molar-refractivity contribution in [2.45, 2.75) is 119 Å². The fourth-order valence-electron chi connectivity index (χ4n) is 11.7. The second-order valence-corrected chi connectivity index (χ2v) is 16.0. The molecule has 0 amide bonds. The summed E-state index contributed by atoms with van der Waals surface area (Å²) in [6.45, 7) is 17.3. The quantitative estimate of drug-likeness (QED) is 0.137. The van der Waals surface area contributed by atoms with E-state index in [2.05, 4.69) is 54.5 Å². The molecule has 5 N–H and O–H groups in total. The molecule has 40 heavy (non-hydrogen) atoms. The lowest BCUT2D eigenvalue weighted by Crippen LogP contribution is -2.58. The first-order valence-corrected chi connectivity index (χ1v) is 16.4. The van der Waals surface area contributed by atoms with Crippen molar-refractivity contribution in [3.8, 4) is 0 Å². The van der Waals surface area contributed by atoms with Gasteiger partial charge in [0, 0.05) is 11.4 Å². The number of hydrogen-bond acceptors (Lipinski definition) is 4. The first-order chi connectivity index (χ1) is 18.8. The van der Waals surface area contributed by atoms with Gasteiger partial charge in [0.25, 0.3) is 0 Å². The highest BCUT2D eigenvalue weighted by Crippen LogP contribution is 2.71. The van der Waals surface area contributed by atoms with Gasteiger partial charge in [0.2, 0.25) is 0 Å². The fourth-order valence-corrected chi connectivity index (χ4v) is 11.7. The minimum absolute atomic E-state index is 0.0448. The smallest absolute Gasteiger partial charge is 0.121 e. The van der Waals surface area contributed by atoms with Crippen molar-refractivity contribution in [2.24, 2.45) is 57.7 Å². The molecule has 4 nitrogen and oxygen atoms in total. The highest BCUT2D eigenvalue weighted by molar-refractivity contribution is 5.55. The van der Waals surface area contributed by atoms with Crippen molar-refractivity contribution < 1.29 is 10.1 Å². The second-order valence-electron chi connectivity index (χ2n) is 16.0. The van der Waals surface area contributed by atoms with Crippen molar-refractivity contribution in [3.63, 3.8) is 0 Å². The van der Waals surface area contributed by atoms with Gasteiger partial charge in [0.15, 0.2) is 0 Å². The second kappa shape index (κ2) is 11.0. The SMILES string of the molecule is CC(C)=CCCC(C)C1CCC2C3CCC4C(C)(C)C(C(OO)c5cc(N)cc(N)c5)CCC4(C)C3CCC12C. The van der Waals surface area contributed by atoms with Crippen LogP contribution in [0.1, 0.15) is 124 Å². The zero-order chi connectivity index (χ0) is 29.0. The Labute approximate surface area is 244 Å². The van der Waals surface area contributed by atoms with E-state index in [-0.39, 0.29) is 11.3 Å². The van der Waals surface area contributed by atoms with E-state index < -0.39 is 6.10 Å². The zero-order valence-corrected chi connectivity index (χ0v) is 26.5. The molecule has 10 unspecified atom stereocenters. The van der Waals surface area contributed by atoms with Crippen LogP contribution >= 0.6 is 0 Å². The molecule has 0 bridgehead atoms. The van der Waals surface area contributed by atoms with E-state index in [1.54, 1.807) is 6.07 Å². The molecule has 1 aromatic rings. The van der Waals surface area contributed by atoms with Crippen LogP contribution in [0, 0.1) is 57.7 Å². The molecule has 4 aliphatic rings. The number of fused-ring (bicyclic) bond motifs is 5. The van der Waals surface area contributed by atoms with Crippen LogP contribution in [0.3, 0.4) is 0 Å². The minimum Gasteiger partial charge on any atom is -0.399 e. The molecule has 5 rings (SSSR count). The standard InChI is InChI=1S/C36H58N2O2/c1-22(2)9-8-10-23(3)28-12-13-29-27-11-14-32-34(4,5)31(33(40-39)24-19-25(37)21-26(38)20-24)16-18-36(32,7)30(27)15-17-35(28,29)6/h9,19-21,23,27-33,39H,8,10-18,37-38H2,1-7H3. The Kier molecular flexibility index (Phi) is 8.20. The van der Waals surface area contributed by atoms with Gasteiger partial charge >= 0.3 is 0 Å². The van der Waals surface area contributed by atoms with Crippen LogP contribution in [0.2, 0.25) is 0 Å². The van der Waals surface area contributed by atoms with E-state index in [1.807, 2.05) is 12.1 Å². The van der Waals surface area contributed by atoms with Gasteiger partial charge in [-0.05, 0) is 159 Å². The Morgan fingerprint density at radius 2 is 1.55 bits per heavy atom. The maximum Gasteiger partial charge on any atom is 0.121 e. The van der Waals surface area contributed by atoms with E-state index in [9.17, 15) is 5.26 Å². The van der Waals surface area contributed by atoms with Crippen LogP contribution in [0.5, 0.6) is 0 Å². The third-order valence-corrected chi connectivity index (χ3v) is 13.5. The average molecular weight is 551 g/mol. The minimum atomic E-state index is -0.402. The van der Waals surface area contributed by atoms with Gasteiger partial charge < -0.3 is 11.5 Å². The molecule has 4 heteroatoms. The van der Waals surface area contributed by atoms with Gasteiger partial charge in [-0.3, -0.25) is 5.26 Å². The summed E-state index contributed by atoms with van der Waals surface area (Å²) in [5.41, 5.74) is 16.8. The molecule has 4 fully saturated rings. The van der Waals surface area contributed by atoms with Gasteiger partial charge in [-0.2, -0.15) is 0 Å². The normalized spacial score (nSPS) is 39.9. The Morgan fingerprint density at radius 1 is 0.900 bits per heavy atom. The zero-order valence-electron chi connectivity index (χ0n) is 26.5. The molecule has 0 aromatic heterocycles. The molecule has 0 radical (unpaired) electrons. The predicted octanol–water partition coefficient (Wildman–Crippen LogP) is 9.68. The highest BCUT2D eigenvalue weighted by Gasteiger charge is 2.64. The Morgan fingerprint density at radius 3 is 2.20 bits per heavy atom. The monoisotopic (exact) mass is 550 g/mol.